The van der Waals surface area contributed by atoms with Gasteiger partial charge in [0.25, 0.3) is 0 Å². The lowest BCUT2D eigenvalue weighted by molar-refractivity contribution is -0.137. The predicted molar refractivity (Wildman–Crippen MR) is 121 cm³/mol. The van der Waals surface area contributed by atoms with E-state index in [4.69, 9.17) is 17.3 Å². The molecule has 3 aromatic carbocycles. The number of aliphatic carboxylic acids is 1. The fraction of sp³-hybridized carbons (Fsp3) is 0.125. The summed E-state index contributed by atoms with van der Waals surface area (Å²) in [6.45, 7) is 0. The first-order valence-electron chi connectivity index (χ1n) is 9.28. The molecule has 0 aliphatic heterocycles. The largest absolute Gasteiger partial charge is 0.480 e. The van der Waals surface area contributed by atoms with Crippen molar-refractivity contribution in [3.8, 4) is 0 Å². The van der Waals surface area contributed by atoms with Crippen LogP contribution in [0, 0.1) is 0 Å². The Morgan fingerprint density at radius 3 is 1.97 bits per heavy atom. The van der Waals surface area contributed by atoms with Crippen molar-refractivity contribution in [2.75, 3.05) is 5.75 Å². The maximum absolute atomic E-state index is 11.4. The lowest BCUT2D eigenvalue weighted by Gasteiger charge is -2.37. The lowest BCUT2D eigenvalue weighted by Crippen LogP contribution is -2.36. The lowest BCUT2D eigenvalue weighted by atomic mass is 9.81. The number of hydrogen-bond acceptors (Lipinski definition) is 3. The van der Waals surface area contributed by atoms with Crippen LogP contribution >= 0.6 is 23.4 Å². The highest BCUT2D eigenvalue weighted by molar-refractivity contribution is 8.00. The van der Waals surface area contributed by atoms with E-state index in [0.29, 0.717) is 5.02 Å². The molecule has 0 unspecified atom stereocenters. The van der Waals surface area contributed by atoms with E-state index in [9.17, 15) is 9.90 Å². The third-order valence-electron chi connectivity index (χ3n) is 5.17. The van der Waals surface area contributed by atoms with Crippen molar-refractivity contribution in [1.82, 2.24) is 0 Å². The number of fused-ring (bicyclic) bond motifs is 2. The Balaban J connectivity index is 2.01. The summed E-state index contributed by atoms with van der Waals surface area (Å²) in [6.07, 6.45) is 4.23. The van der Waals surface area contributed by atoms with Crippen LogP contribution < -0.4 is 5.73 Å². The fourth-order valence-corrected chi connectivity index (χ4v) is 5.45. The molecule has 0 aromatic heterocycles. The maximum Gasteiger partial charge on any atom is 0.321 e. The molecule has 3 N–H and O–H groups in total. The topological polar surface area (TPSA) is 63.3 Å². The zero-order valence-corrected chi connectivity index (χ0v) is 17.2. The summed E-state index contributed by atoms with van der Waals surface area (Å²) in [7, 11) is 0. The standard InChI is InChI=1S/C24H20ClNO2S/c25-19-13-11-18(12-14-19)24(29-15-22(26)23(27)28)20-7-3-1-5-16(20)9-10-17-6-2-4-8-21(17)24/h1-14,22H,15,26H2,(H,27,28)/t22-/m0/s1. The van der Waals surface area contributed by atoms with Crippen LogP contribution in [0.5, 0.6) is 0 Å². The Hall–Kier alpha value is -2.53. The van der Waals surface area contributed by atoms with E-state index < -0.39 is 16.8 Å². The third kappa shape index (κ3) is 3.60. The molecule has 0 amide bonds. The molecule has 0 saturated carbocycles. The van der Waals surface area contributed by atoms with E-state index in [1.54, 1.807) is 11.8 Å². The van der Waals surface area contributed by atoms with Crippen LogP contribution in [0.4, 0.5) is 0 Å². The minimum absolute atomic E-state index is 0.265. The molecule has 1 aliphatic carbocycles. The third-order valence-corrected chi connectivity index (χ3v) is 7.06. The van der Waals surface area contributed by atoms with Crippen LogP contribution in [0.25, 0.3) is 12.2 Å². The highest BCUT2D eigenvalue weighted by Crippen LogP contribution is 2.52. The minimum Gasteiger partial charge on any atom is -0.480 e. The SMILES string of the molecule is N[C@@H](CSC1(c2ccc(Cl)cc2)c2ccccc2C=Cc2ccccc21)C(=O)O. The van der Waals surface area contributed by atoms with Gasteiger partial charge in [0.05, 0.1) is 4.75 Å². The van der Waals surface area contributed by atoms with Gasteiger partial charge in [-0.2, -0.15) is 0 Å². The number of thioether (sulfide) groups is 1. The molecule has 0 spiro atoms. The second-order valence-corrected chi connectivity index (χ2v) is 8.62. The fourth-order valence-electron chi connectivity index (χ4n) is 3.77. The van der Waals surface area contributed by atoms with E-state index in [-0.39, 0.29) is 5.75 Å². The van der Waals surface area contributed by atoms with E-state index in [1.165, 1.54) is 0 Å². The van der Waals surface area contributed by atoms with E-state index in [1.807, 2.05) is 48.5 Å². The van der Waals surface area contributed by atoms with Gasteiger partial charge in [-0.3, -0.25) is 4.79 Å². The molecule has 5 heteroatoms. The summed E-state index contributed by atoms with van der Waals surface area (Å²) in [4.78, 5) is 11.4. The molecule has 4 rings (SSSR count). The number of benzene rings is 3. The molecule has 0 heterocycles. The van der Waals surface area contributed by atoms with Gasteiger partial charge in [-0.25, -0.2) is 0 Å². The summed E-state index contributed by atoms with van der Waals surface area (Å²) >= 11 is 7.73. The number of halogens is 1. The van der Waals surface area contributed by atoms with Gasteiger partial charge in [0.2, 0.25) is 0 Å². The second-order valence-electron chi connectivity index (χ2n) is 6.95. The minimum atomic E-state index is -1.00. The molecule has 3 aromatic rings. The summed E-state index contributed by atoms with van der Waals surface area (Å²) in [5, 5.41) is 10.0. The first-order chi connectivity index (χ1) is 14.0. The molecule has 0 saturated heterocycles. The Morgan fingerprint density at radius 1 is 0.931 bits per heavy atom. The molecule has 146 valence electrons. The summed E-state index contributed by atoms with van der Waals surface area (Å²) in [5.41, 5.74) is 11.3. The van der Waals surface area contributed by atoms with Gasteiger partial charge in [0, 0.05) is 10.8 Å². The Kier molecular flexibility index (Phi) is 5.50. The molecule has 1 atom stereocenters. The van der Waals surface area contributed by atoms with E-state index >= 15 is 0 Å². The molecule has 0 bridgehead atoms. The number of carboxylic acid groups (broad SMARTS) is 1. The van der Waals surface area contributed by atoms with Crippen molar-refractivity contribution in [3.05, 3.63) is 106 Å². The molecule has 1 aliphatic rings. The van der Waals surface area contributed by atoms with Crippen LogP contribution in [0.15, 0.2) is 72.8 Å². The van der Waals surface area contributed by atoms with Gasteiger partial charge in [-0.1, -0.05) is 84.4 Å². The second kappa shape index (κ2) is 8.07. The normalized spacial score (nSPS) is 15.1. The predicted octanol–water partition coefficient (Wildman–Crippen LogP) is 5.26. The Bertz CT molecular complexity index is 1030. The van der Waals surface area contributed by atoms with Crippen molar-refractivity contribution >= 4 is 41.5 Å². The van der Waals surface area contributed by atoms with Crippen molar-refractivity contribution in [2.24, 2.45) is 5.73 Å². The van der Waals surface area contributed by atoms with Gasteiger partial charge >= 0.3 is 5.97 Å². The van der Waals surface area contributed by atoms with Gasteiger partial charge in [0.15, 0.2) is 0 Å². The van der Waals surface area contributed by atoms with Gasteiger partial charge in [-0.15, -0.1) is 11.8 Å². The average Bonchev–Trinajstić information content (AvgIpc) is 2.88. The molecular weight excluding hydrogens is 402 g/mol. The average molecular weight is 422 g/mol. The van der Waals surface area contributed by atoms with Crippen LogP contribution in [0.2, 0.25) is 5.02 Å². The monoisotopic (exact) mass is 421 g/mol. The van der Waals surface area contributed by atoms with Crippen LogP contribution in [0.3, 0.4) is 0 Å². The zero-order chi connectivity index (χ0) is 20.4. The summed E-state index contributed by atoms with van der Waals surface area (Å²) < 4.78 is -0.617. The first-order valence-corrected chi connectivity index (χ1v) is 10.6. The Morgan fingerprint density at radius 2 is 1.45 bits per heavy atom. The van der Waals surface area contributed by atoms with Crippen molar-refractivity contribution < 1.29 is 9.90 Å². The van der Waals surface area contributed by atoms with E-state index in [2.05, 4.69) is 36.4 Å². The maximum atomic E-state index is 11.4. The van der Waals surface area contributed by atoms with Crippen molar-refractivity contribution in [2.45, 2.75) is 10.8 Å². The van der Waals surface area contributed by atoms with E-state index in [0.717, 1.165) is 27.8 Å². The molecule has 3 nitrogen and oxygen atoms in total. The zero-order valence-electron chi connectivity index (χ0n) is 15.6. The van der Waals surface area contributed by atoms with Crippen LogP contribution in [0.1, 0.15) is 27.8 Å². The molecule has 0 radical (unpaired) electrons. The molecular formula is C24H20ClNO2S. The number of rotatable bonds is 5. The summed E-state index contributed by atoms with van der Waals surface area (Å²) in [5.74, 6) is -0.738. The number of hydrogen-bond donors (Lipinski definition) is 2. The van der Waals surface area contributed by atoms with Gasteiger partial charge < -0.3 is 10.8 Å². The molecule has 0 fully saturated rings. The first kappa shape index (κ1) is 19.8. The van der Waals surface area contributed by atoms with Gasteiger partial charge in [-0.05, 0) is 39.9 Å². The number of nitrogens with two attached hydrogens (primary N) is 1. The smallest absolute Gasteiger partial charge is 0.321 e. The summed E-state index contributed by atoms with van der Waals surface area (Å²) in [6, 6.07) is 23.3. The highest BCUT2D eigenvalue weighted by atomic mass is 35.5. The van der Waals surface area contributed by atoms with Crippen LogP contribution in [-0.2, 0) is 9.54 Å². The Labute approximate surface area is 179 Å². The van der Waals surface area contributed by atoms with Crippen LogP contribution in [-0.4, -0.2) is 22.9 Å². The number of carbonyl (C=O) groups is 1. The van der Waals surface area contributed by atoms with Crippen molar-refractivity contribution in [3.63, 3.8) is 0 Å². The molecule has 29 heavy (non-hydrogen) atoms. The van der Waals surface area contributed by atoms with Crippen molar-refractivity contribution in [1.29, 1.82) is 0 Å². The number of carboxylic acids is 1. The van der Waals surface area contributed by atoms with Gasteiger partial charge in [0.1, 0.15) is 6.04 Å². The quantitative estimate of drug-likeness (QED) is 0.589. The highest BCUT2D eigenvalue weighted by Gasteiger charge is 2.41.